The summed E-state index contributed by atoms with van der Waals surface area (Å²) >= 11 is 5.81. The summed E-state index contributed by atoms with van der Waals surface area (Å²) < 4.78 is 0. The number of Topliss-reactive ketones (excluding diaryl/α,β-unsaturated/α-hetero) is 1. The maximum absolute atomic E-state index is 12.1. The molecule has 2 aromatic rings. The fraction of sp³-hybridized carbons (Fsp3) is 0.176. The van der Waals surface area contributed by atoms with Crippen molar-refractivity contribution in [3.63, 3.8) is 0 Å². The standard InChI is InChI=1S/C17H15ClN2O/c1-20(11-14-4-2-3-13(9-14)10-19)12-17(21)15-5-7-16(18)8-6-15/h2-9H,11-12H2,1H3. The van der Waals surface area contributed by atoms with Crippen molar-refractivity contribution >= 4 is 17.4 Å². The zero-order chi connectivity index (χ0) is 15.2. The molecule has 0 amide bonds. The van der Waals surface area contributed by atoms with E-state index in [0.717, 1.165) is 5.56 Å². The van der Waals surface area contributed by atoms with E-state index >= 15 is 0 Å². The monoisotopic (exact) mass is 298 g/mol. The van der Waals surface area contributed by atoms with Crippen molar-refractivity contribution in [3.8, 4) is 6.07 Å². The van der Waals surface area contributed by atoms with Crippen LogP contribution in [0, 0.1) is 11.3 Å². The highest BCUT2D eigenvalue weighted by atomic mass is 35.5. The Kier molecular flexibility index (Phi) is 5.10. The van der Waals surface area contributed by atoms with Crippen molar-refractivity contribution in [1.82, 2.24) is 4.90 Å². The Hall–Kier alpha value is -2.15. The second kappa shape index (κ2) is 7.03. The minimum absolute atomic E-state index is 0.0469. The number of hydrogen-bond donors (Lipinski definition) is 0. The normalized spacial score (nSPS) is 10.4. The summed E-state index contributed by atoms with van der Waals surface area (Å²) in [5.74, 6) is 0.0469. The lowest BCUT2D eigenvalue weighted by Gasteiger charge is -2.16. The topological polar surface area (TPSA) is 44.1 Å². The molecule has 0 spiro atoms. The molecule has 106 valence electrons. The summed E-state index contributed by atoms with van der Waals surface area (Å²) in [6, 6.07) is 16.4. The van der Waals surface area contributed by atoms with Crippen LogP contribution in [0.5, 0.6) is 0 Å². The quantitative estimate of drug-likeness (QED) is 0.793. The minimum Gasteiger partial charge on any atom is -0.295 e. The fourth-order valence-corrected chi connectivity index (χ4v) is 2.21. The van der Waals surface area contributed by atoms with Gasteiger partial charge in [-0.05, 0) is 49.0 Å². The van der Waals surface area contributed by atoms with E-state index in [9.17, 15) is 4.79 Å². The smallest absolute Gasteiger partial charge is 0.176 e. The van der Waals surface area contributed by atoms with Gasteiger partial charge in [-0.3, -0.25) is 9.69 Å². The van der Waals surface area contributed by atoms with Crippen LogP contribution in [0.25, 0.3) is 0 Å². The van der Waals surface area contributed by atoms with E-state index in [2.05, 4.69) is 6.07 Å². The Morgan fingerprint density at radius 1 is 1.24 bits per heavy atom. The number of halogens is 1. The van der Waals surface area contributed by atoms with E-state index in [1.807, 2.05) is 30.1 Å². The third-order valence-electron chi connectivity index (χ3n) is 3.09. The predicted molar refractivity (Wildman–Crippen MR) is 83.3 cm³/mol. The SMILES string of the molecule is CN(CC(=O)c1ccc(Cl)cc1)Cc1cccc(C#N)c1. The molecule has 21 heavy (non-hydrogen) atoms. The van der Waals surface area contributed by atoms with Gasteiger partial charge in [0.2, 0.25) is 0 Å². The second-order valence-corrected chi connectivity index (χ2v) is 5.35. The first-order chi connectivity index (χ1) is 10.1. The Balaban J connectivity index is 1.98. The zero-order valence-electron chi connectivity index (χ0n) is 11.7. The summed E-state index contributed by atoms with van der Waals surface area (Å²) in [4.78, 5) is 14.1. The molecule has 0 saturated heterocycles. The fourth-order valence-electron chi connectivity index (χ4n) is 2.08. The highest BCUT2D eigenvalue weighted by molar-refractivity contribution is 6.30. The van der Waals surface area contributed by atoms with E-state index in [1.165, 1.54) is 0 Å². The van der Waals surface area contributed by atoms with Crippen molar-refractivity contribution in [2.45, 2.75) is 6.54 Å². The van der Waals surface area contributed by atoms with Gasteiger partial charge >= 0.3 is 0 Å². The van der Waals surface area contributed by atoms with Crippen LogP contribution in [-0.2, 0) is 6.54 Å². The molecule has 0 bridgehead atoms. The van der Waals surface area contributed by atoms with Gasteiger partial charge in [0, 0.05) is 17.1 Å². The van der Waals surface area contributed by atoms with Gasteiger partial charge in [-0.25, -0.2) is 0 Å². The second-order valence-electron chi connectivity index (χ2n) is 4.91. The Morgan fingerprint density at radius 3 is 2.62 bits per heavy atom. The van der Waals surface area contributed by atoms with Crippen molar-refractivity contribution in [1.29, 1.82) is 5.26 Å². The lowest BCUT2D eigenvalue weighted by atomic mass is 10.1. The average molecular weight is 299 g/mol. The molecule has 2 aromatic carbocycles. The number of likely N-dealkylation sites (N-methyl/N-ethyl adjacent to an activating group) is 1. The van der Waals surface area contributed by atoms with E-state index < -0.39 is 0 Å². The number of nitrogens with zero attached hydrogens (tertiary/aromatic N) is 2. The zero-order valence-corrected chi connectivity index (χ0v) is 12.5. The molecular formula is C17H15ClN2O. The van der Waals surface area contributed by atoms with Gasteiger partial charge < -0.3 is 0 Å². The molecule has 0 N–H and O–H groups in total. The van der Waals surface area contributed by atoms with Crippen molar-refractivity contribution < 1.29 is 4.79 Å². The minimum atomic E-state index is 0.0469. The van der Waals surface area contributed by atoms with Crippen LogP contribution in [0.2, 0.25) is 5.02 Å². The highest BCUT2D eigenvalue weighted by Gasteiger charge is 2.10. The van der Waals surface area contributed by atoms with Crippen LogP contribution in [0.15, 0.2) is 48.5 Å². The molecule has 0 aliphatic heterocycles. The Bertz CT molecular complexity index is 674. The first-order valence-electron chi connectivity index (χ1n) is 6.55. The summed E-state index contributed by atoms with van der Waals surface area (Å²) in [6.07, 6.45) is 0. The molecule has 0 aliphatic rings. The van der Waals surface area contributed by atoms with E-state index in [-0.39, 0.29) is 5.78 Å². The first-order valence-corrected chi connectivity index (χ1v) is 6.92. The van der Waals surface area contributed by atoms with Crippen molar-refractivity contribution in [2.24, 2.45) is 0 Å². The average Bonchev–Trinajstić information content (AvgIpc) is 2.47. The van der Waals surface area contributed by atoms with Gasteiger partial charge in [0.1, 0.15) is 0 Å². The molecule has 4 heteroatoms. The van der Waals surface area contributed by atoms with Crippen LogP contribution in [0.3, 0.4) is 0 Å². The van der Waals surface area contributed by atoms with Crippen LogP contribution < -0.4 is 0 Å². The summed E-state index contributed by atoms with van der Waals surface area (Å²) in [5.41, 5.74) is 2.29. The lowest BCUT2D eigenvalue weighted by molar-refractivity contribution is 0.0943. The Labute approximate surface area is 129 Å². The number of nitriles is 1. The number of carbonyl (C=O) groups excluding carboxylic acids is 1. The van der Waals surface area contributed by atoms with Gasteiger partial charge in [-0.15, -0.1) is 0 Å². The van der Waals surface area contributed by atoms with Gasteiger partial charge in [-0.1, -0.05) is 23.7 Å². The number of rotatable bonds is 5. The largest absolute Gasteiger partial charge is 0.295 e. The number of ketones is 1. The first kappa shape index (κ1) is 15.2. The van der Waals surface area contributed by atoms with Crippen LogP contribution in [0.4, 0.5) is 0 Å². The van der Waals surface area contributed by atoms with Crippen molar-refractivity contribution in [3.05, 3.63) is 70.2 Å². The number of hydrogen-bond acceptors (Lipinski definition) is 3. The van der Waals surface area contributed by atoms with E-state index in [0.29, 0.717) is 29.2 Å². The van der Waals surface area contributed by atoms with Gasteiger partial charge in [0.05, 0.1) is 18.2 Å². The highest BCUT2D eigenvalue weighted by Crippen LogP contribution is 2.11. The third-order valence-corrected chi connectivity index (χ3v) is 3.34. The van der Waals surface area contributed by atoms with Gasteiger partial charge in [0.15, 0.2) is 5.78 Å². The molecule has 0 aliphatic carbocycles. The van der Waals surface area contributed by atoms with Crippen LogP contribution in [-0.4, -0.2) is 24.3 Å². The van der Waals surface area contributed by atoms with Crippen LogP contribution >= 0.6 is 11.6 Å². The van der Waals surface area contributed by atoms with Crippen molar-refractivity contribution in [2.75, 3.05) is 13.6 Å². The molecule has 0 radical (unpaired) electrons. The summed E-state index contributed by atoms with van der Waals surface area (Å²) in [5, 5.41) is 9.50. The maximum Gasteiger partial charge on any atom is 0.176 e. The lowest BCUT2D eigenvalue weighted by Crippen LogP contribution is -2.25. The predicted octanol–water partition coefficient (Wildman–Crippen LogP) is 3.53. The summed E-state index contributed by atoms with van der Waals surface area (Å²) in [6.45, 7) is 0.938. The molecule has 3 nitrogen and oxygen atoms in total. The molecule has 0 aromatic heterocycles. The molecular weight excluding hydrogens is 284 g/mol. The number of carbonyl (C=O) groups is 1. The molecule has 2 rings (SSSR count). The summed E-state index contributed by atoms with van der Waals surface area (Å²) in [7, 11) is 1.88. The molecule has 0 heterocycles. The maximum atomic E-state index is 12.1. The Morgan fingerprint density at radius 2 is 1.95 bits per heavy atom. The molecule has 0 fully saturated rings. The molecule has 0 saturated carbocycles. The number of benzene rings is 2. The molecule has 0 atom stereocenters. The molecule has 0 unspecified atom stereocenters. The van der Waals surface area contributed by atoms with Gasteiger partial charge in [-0.2, -0.15) is 5.26 Å². The van der Waals surface area contributed by atoms with Crippen LogP contribution in [0.1, 0.15) is 21.5 Å². The van der Waals surface area contributed by atoms with E-state index in [1.54, 1.807) is 30.3 Å². The third kappa shape index (κ3) is 4.42. The van der Waals surface area contributed by atoms with E-state index in [4.69, 9.17) is 16.9 Å². The van der Waals surface area contributed by atoms with Gasteiger partial charge in [0.25, 0.3) is 0 Å².